The first-order valence-corrected chi connectivity index (χ1v) is 8.39. The number of hydrogen-bond donors (Lipinski definition) is 1. The monoisotopic (exact) mass is 247 g/mol. The van der Waals surface area contributed by atoms with Gasteiger partial charge in [-0.1, -0.05) is 6.92 Å². The fourth-order valence-electron chi connectivity index (χ4n) is 6.70. The van der Waals surface area contributed by atoms with E-state index >= 15 is 0 Å². The van der Waals surface area contributed by atoms with Crippen molar-refractivity contribution in [1.82, 2.24) is 0 Å². The van der Waals surface area contributed by atoms with E-state index in [2.05, 4.69) is 6.92 Å². The highest BCUT2D eigenvalue weighted by atomic mass is 14.7. The van der Waals surface area contributed by atoms with E-state index in [0.717, 1.165) is 29.6 Å². The van der Waals surface area contributed by atoms with Crippen molar-refractivity contribution in [3.8, 4) is 0 Å². The van der Waals surface area contributed by atoms with Crippen LogP contribution in [-0.2, 0) is 0 Å². The van der Waals surface area contributed by atoms with E-state index in [4.69, 9.17) is 5.73 Å². The van der Waals surface area contributed by atoms with Gasteiger partial charge in [0.1, 0.15) is 0 Å². The fourth-order valence-corrected chi connectivity index (χ4v) is 6.70. The van der Waals surface area contributed by atoms with Crippen LogP contribution in [0.25, 0.3) is 0 Å². The average Bonchev–Trinajstić information content (AvgIpc) is 2.32. The highest BCUT2D eigenvalue weighted by molar-refractivity contribution is 5.04. The molecule has 1 nitrogen and oxygen atoms in total. The first-order chi connectivity index (χ1) is 8.64. The molecule has 5 fully saturated rings. The van der Waals surface area contributed by atoms with Gasteiger partial charge in [-0.25, -0.2) is 0 Å². The molecule has 0 aromatic carbocycles. The summed E-state index contributed by atoms with van der Waals surface area (Å²) in [5.74, 6) is 5.51. The van der Waals surface area contributed by atoms with E-state index in [9.17, 15) is 0 Å². The van der Waals surface area contributed by atoms with Crippen molar-refractivity contribution in [2.24, 2.45) is 40.7 Å². The molecule has 5 saturated carbocycles. The van der Waals surface area contributed by atoms with Crippen molar-refractivity contribution in [2.45, 2.75) is 70.8 Å². The normalized spacial score (nSPS) is 59.0. The summed E-state index contributed by atoms with van der Waals surface area (Å²) in [5, 5.41) is 0. The van der Waals surface area contributed by atoms with Crippen molar-refractivity contribution < 1.29 is 0 Å². The van der Waals surface area contributed by atoms with Gasteiger partial charge in [0.2, 0.25) is 0 Å². The van der Waals surface area contributed by atoms with Crippen LogP contribution in [-0.4, -0.2) is 6.04 Å². The van der Waals surface area contributed by atoms with Crippen molar-refractivity contribution in [1.29, 1.82) is 0 Å². The first-order valence-electron chi connectivity index (χ1n) is 8.39. The molecule has 4 bridgehead atoms. The van der Waals surface area contributed by atoms with Gasteiger partial charge in [-0.2, -0.15) is 0 Å². The molecule has 1 heteroatoms. The molecule has 0 amide bonds. The van der Waals surface area contributed by atoms with Gasteiger partial charge in [-0.3, -0.25) is 0 Å². The van der Waals surface area contributed by atoms with Gasteiger partial charge in [-0.15, -0.1) is 0 Å². The SMILES string of the molecule is CC1(C2C3CC4CC(C3)CC2C4)CCC(N)CC1. The molecule has 0 saturated heterocycles. The zero-order valence-electron chi connectivity index (χ0n) is 11.9. The largest absolute Gasteiger partial charge is 0.328 e. The lowest BCUT2D eigenvalue weighted by atomic mass is 9.45. The molecule has 5 rings (SSSR count). The summed E-state index contributed by atoms with van der Waals surface area (Å²) in [5.41, 5.74) is 6.78. The Morgan fingerprint density at radius 3 is 1.83 bits per heavy atom. The second kappa shape index (κ2) is 3.98. The maximum absolute atomic E-state index is 6.13. The topological polar surface area (TPSA) is 26.0 Å². The lowest BCUT2D eigenvalue weighted by molar-refractivity contribution is -0.103. The van der Waals surface area contributed by atoms with Gasteiger partial charge in [0.25, 0.3) is 0 Å². The van der Waals surface area contributed by atoms with Gasteiger partial charge in [-0.05, 0) is 92.8 Å². The van der Waals surface area contributed by atoms with Gasteiger partial charge in [0.05, 0.1) is 0 Å². The minimum Gasteiger partial charge on any atom is -0.328 e. The first kappa shape index (κ1) is 11.8. The molecule has 0 heterocycles. The summed E-state index contributed by atoms with van der Waals surface area (Å²) in [6.45, 7) is 2.62. The van der Waals surface area contributed by atoms with Crippen molar-refractivity contribution in [2.75, 3.05) is 0 Å². The molecule has 0 aliphatic heterocycles. The molecule has 5 aliphatic carbocycles. The summed E-state index contributed by atoms with van der Waals surface area (Å²) in [6.07, 6.45) is 13.3. The van der Waals surface area contributed by atoms with Crippen LogP contribution in [0.2, 0.25) is 0 Å². The maximum Gasteiger partial charge on any atom is 0.00392 e. The summed E-state index contributed by atoms with van der Waals surface area (Å²) < 4.78 is 0. The Labute approximate surface area is 112 Å². The van der Waals surface area contributed by atoms with E-state index in [1.807, 2.05) is 0 Å². The molecule has 5 aliphatic rings. The van der Waals surface area contributed by atoms with Gasteiger partial charge >= 0.3 is 0 Å². The van der Waals surface area contributed by atoms with Crippen LogP contribution in [0.15, 0.2) is 0 Å². The van der Waals surface area contributed by atoms with Gasteiger partial charge in [0, 0.05) is 6.04 Å². The Bertz CT molecular complexity index is 299. The van der Waals surface area contributed by atoms with Crippen LogP contribution in [0.3, 0.4) is 0 Å². The molecule has 0 aromatic heterocycles. The molecule has 0 atom stereocenters. The second-order valence-electron chi connectivity index (χ2n) is 8.45. The quantitative estimate of drug-likeness (QED) is 0.745. The molecular weight excluding hydrogens is 218 g/mol. The third kappa shape index (κ3) is 1.69. The van der Waals surface area contributed by atoms with E-state index < -0.39 is 0 Å². The zero-order valence-corrected chi connectivity index (χ0v) is 11.9. The fraction of sp³-hybridized carbons (Fsp3) is 1.00. The van der Waals surface area contributed by atoms with Crippen molar-refractivity contribution in [3.05, 3.63) is 0 Å². The minimum atomic E-state index is 0.509. The molecular formula is C17H29N. The smallest absolute Gasteiger partial charge is 0.00392 e. The van der Waals surface area contributed by atoms with Crippen LogP contribution < -0.4 is 5.73 Å². The van der Waals surface area contributed by atoms with Crippen LogP contribution in [0.5, 0.6) is 0 Å². The number of rotatable bonds is 1. The zero-order chi connectivity index (χ0) is 12.3. The Morgan fingerprint density at radius 2 is 1.33 bits per heavy atom. The Morgan fingerprint density at radius 1 is 0.833 bits per heavy atom. The highest BCUT2D eigenvalue weighted by Gasteiger charge is 2.54. The van der Waals surface area contributed by atoms with Crippen LogP contribution in [0, 0.1) is 35.0 Å². The predicted molar refractivity (Wildman–Crippen MR) is 75.1 cm³/mol. The number of nitrogens with two attached hydrogens (primary N) is 1. The summed E-state index contributed by atoms with van der Waals surface area (Å²) >= 11 is 0. The summed E-state index contributed by atoms with van der Waals surface area (Å²) in [6, 6.07) is 0.509. The Balaban J connectivity index is 1.57. The van der Waals surface area contributed by atoms with Crippen molar-refractivity contribution >= 4 is 0 Å². The van der Waals surface area contributed by atoms with E-state index in [1.54, 1.807) is 32.1 Å². The third-order valence-corrected chi connectivity index (χ3v) is 7.20. The highest BCUT2D eigenvalue weighted by Crippen LogP contribution is 2.63. The van der Waals surface area contributed by atoms with Crippen molar-refractivity contribution in [3.63, 3.8) is 0 Å². The third-order valence-electron chi connectivity index (χ3n) is 7.20. The predicted octanol–water partition coefficient (Wildman–Crippen LogP) is 3.97. The van der Waals surface area contributed by atoms with Gasteiger partial charge < -0.3 is 5.73 Å². The van der Waals surface area contributed by atoms with Crippen LogP contribution in [0.1, 0.15) is 64.7 Å². The Hall–Kier alpha value is -0.0400. The number of hydrogen-bond acceptors (Lipinski definition) is 1. The molecule has 0 unspecified atom stereocenters. The molecule has 0 aromatic rings. The maximum atomic E-state index is 6.13. The Kier molecular flexibility index (Phi) is 2.60. The average molecular weight is 247 g/mol. The lowest BCUT2D eigenvalue weighted by Gasteiger charge is -2.60. The molecule has 0 radical (unpaired) electrons. The van der Waals surface area contributed by atoms with E-state index in [-0.39, 0.29) is 0 Å². The van der Waals surface area contributed by atoms with E-state index in [1.165, 1.54) is 25.7 Å². The molecule has 102 valence electrons. The van der Waals surface area contributed by atoms with Crippen LogP contribution in [0.4, 0.5) is 0 Å². The van der Waals surface area contributed by atoms with Crippen LogP contribution >= 0.6 is 0 Å². The minimum absolute atomic E-state index is 0.509. The summed E-state index contributed by atoms with van der Waals surface area (Å²) in [4.78, 5) is 0. The lowest BCUT2D eigenvalue weighted by Crippen LogP contribution is -2.52. The molecule has 0 spiro atoms. The molecule has 2 N–H and O–H groups in total. The standard InChI is InChI=1S/C17H29N/c1-17(4-2-15(18)3-5-17)16-13-7-11-6-12(9-13)10-14(16)8-11/h11-16H,2-10,18H2,1H3. The summed E-state index contributed by atoms with van der Waals surface area (Å²) in [7, 11) is 0. The van der Waals surface area contributed by atoms with E-state index in [0.29, 0.717) is 11.5 Å². The second-order valence-corrected chi connectivity index (χ2v) is 8.45. The molecule has 18 heavy (non-hydrogen) atoms. The van der Waals surface area contributed by atoms with Gasteiger partial charge in [0.15, 0.2) is 0 Å².